The second-order valence-corrected chi connectivity index (χ2v) is 12.8. The Hall–Kier alpha value is -4.58. The van der Waals surface area contributed by atoms with Crippen molar-refractivity contribution in [2.24, 2.45) is 0 Å². The molecule has 0 saturated heterocycles. The molecule has 45 heavy (non-hydrogen) atoms. The molecule has 4 aromatic carbocycles. The smallest absolute Gasteiger partial charge is 0.311 e. The molecular weight excluding hydrogens is 564 g/mol. The minimum atomic E-state index is -0.276. The van der Waals surface area contributed by atoms with Crippen molar-refractivity contribution in [1.82, 2.24) is 0 Å². The number of aryl methyl sites for hydroxylation is 2. The summed E-state index contributed by atoms with van der Waals surface area (Å²) in [6.45, 7) is 12.1. The van der Waals surface area contributed by atoms with Crippen LogP contribution in [0.15, 0.2) is 84.9 Å². The van der Waals surface area contributed by atoms with Crippen molar-refractivity contribution in [2.75, 3.05) is 0 Å². The van der Waals surface area contributed by atoms with Crippen molar-refractivity contribution >= 4 is 11.9 Å². The van der Waals surface area contributed by atoms with Crippen LogP contribution in [0.5, 0.6) is 23.0 Å². The summed E-state index contributed by atoms with van der Waals surface area (Å²) in [6.07, 6.45) is 1.85. The van der Waals surface area contributed by atoms with E-state index in [1.807, 2.05) is 120 Å². The number of carbonyl (C=O) groups is 2. The number of rotatable bonds is 11. The highest BCUT2D eigenvalue weighted by molar-refractivity contribution is 5.82. The largest absolute Gasteiger partial charge is 0.491 e. The maximum Gasteiger partial charge on any atom is 0.311 e. The Morgan fingerprint density at radius 3 is 1.49 bits per heavy atom. The van der Waals surface area contributed by atoms with Gasteiger partial charge in [0.05, 0.1) is 6.10 Å². The van der Waals surface area contributed by atoms with E-state index in [-0.39, 0.29) is 42.4 Å². The molecule has 0 N–H and O–H groups in total. The molecule has 6 nitrogen and oxygen atoms in total. The summed E-state index contributed by atoms with van der Waals surface area (Å²) >= 11 is 0. The summed E-state index contributed by atoms with van der Waals surface area (Å²) in [6, 6.07) is 27.2. The van der Waals surface area contributed by atoms with Crippen LogP contribution in [-0.4, -0.2) is 23.6 Å². The Labute approximate surface area is 266 Å². The average Bonchev–Trinajstić information content (AvgIpc) is 3.26. The fraction of sp³-hybridized carbons (Fsp3) is 0.333. The van der Waals surface area contributed by atoms with Crippen molar-refractivity contribution in [2.45, 2.75) is 84.8 Å². The van der Waals surface area contributed by atoms with Gasteiger partial charge in [0.1, 0.15) is 28.6 Å². The zero-order valence-corrected chi connectivity index (χ0v) is 27.0. The van der Waals surface area contributed by atoms with Gasteiger partial charge < -0.3 is 18.9 Å². The molecule has 0 fully saturated rings. The highest BCUT2D eigenvalue weighted by Crippen LogP contribution is 2.47. The van der Waals surface area contributed by atoms with Gasteiger partial charge in [0.15, 0.2) is 0 Å². The monoisotopic (exact) mass is 606 g/mol. The predicted octanol–water partition coefficient (Wildman–Crippen LogP) is 8.86. The van der Waals surface area contributed by atoms with Crippen LogP contribution in [0.2, 0.25) is 0 Å². The van der Waals surface area contributed by atoms with Gasteiger partial charge >= 0.3 is 11.9 Å². The number of fused-ring (bicyclic) bond motifs is 3. The molecule has 0 spiro atoms. The molecule has 0 saturated carbocycles. The predicted molar refractivity (Wildman–Crippen MR) is 176 cm³/mol. The first kappa shape index (κ1) is 31.8. The number of hydrogen-bond donors (Lipinski definition) is 0. The molecule has 1 unspecified atom stereocenters. The van der Waals surface area contributed by atoms with Crippen LogP contribution in [0.1, 0.15) is 82.6 Å². The summed E-state index contributed by atoms with van der Waals surface area (Å²) in [5, 5.41) is 0. The van der Waals surface area contributed by atoms with Gasteiger partial charge in [0.2, 0.25) is 0 Å². The molecule has 0 radical (unpaired) electrons. The zero-order valence-electron chi connectivity index (χ0n) is 27.0. The lowest BCUT2D eigenvalue weighted by Crippen LogP contribution is -2.22. The maximum atomic E-state index is 12.7. The van der Waals surface area contributed by atoms with Gasteiger partial charge in [0.25, 0.3) is 0 Å². The van der Waals surface area contributed by atoms with E-state index >= 15 is 0 Å². The Bertz CT molecular complexity index is 1640. The highest BCUT2D eigenvalue weighted by atomic mass is 16.5. The van der Waals surface area contributed by atoms with E-state index < -0.39 is 0 Å². The number of hydrogen-bond acceptors (Lipinski definition) is 6. The van der Waals surface area contributed by atoms with Crippen molar-refractivity contribution < 1.29 is 28.5 Å². The van der Waals surface area contributed by atoms with E-state index in [1.165, 1.54) is 0 Å². The van der Waals surface area contributed by atoms with Gasteiger partial charge in [-0.1, -0.05) is 43.3 Å². The molecule has 5 rings (SSSR count). The SMILES string of the molecule is CC(C)Oc1ccc(CCC(=O)Oc2ccc3c(c2)C(C)c2cc(OC(=O)CCc4ccc(OC(C)(C)C)cc4)ccc2-3)cc1. The van der Waals surface area contributed by atoms with Crippen molar-refractivity contribution in [3.8, 4) is 34.1 Å². The fourth-order valence-corrected chi connectivity index (χ4v) is 5.53. The summed E-state index contributed by atoms with van der Waals surface area (Å²) in [7, 11) is 0. The second kappa shape index (κ2) is 13.6. The molecule has 0 bridgehead atoms. The maximum absolute atomic E-state index is 12.7. The van der Waals surface area contributed by atoms with Gasteiger partial charge in [-0.25, -0.2) is 0 Å². The minimum absolute atomic E-state index is 0.0627. The van der Waals surface area contributed by atoms with Crippen LogP contribution in [0.3, 0.4) is 0 Å². The number of benzene rings is 4. The van der Waals surface area contributed by atoms with Crippen LogP contribution in [0.25, 0.3) is 11.1 Å². The Kier molecular flexibility index (Phi) is 9.62. The van der Waals surface area contributed by atoms with Crippen molar-refractivity contribution in [1.29, 1.82) is 0 Å². The third-order valence-electron chi connectivity index (χ3n) is 7.61. The molecule has 4 aromatic rings. The standard InChI is InChI=1S/C39H42O6/c1-25(2)42-29-13-7-27(8-14-29)11-21-37(40)43-31-17-19-33-34-20-18-32(24-36(34)26(3)35(33)23-31)44-38(41)22-12-28-9-15-30(16-10-28)45-39(4,5)6/h7-10,13-20,23-26H,11-12,21-22H2,1-6H3. The van der Waals surface area contributed by atoms with E-state index in [4.69, 9.17) is 18.9 Å². The first-order valence-corrected chi connectivity index (χ1v) is 15.7. The lowest BCUT2D eigenvalue weighted by atomic mass is 9.99. The number of carbonyl (C=O) groups excluding carboxylic acids is 2. The Morgan fingerprint density at radius 1 is 0.644 bits per heavy atom. The molecule has 1 atom stereocenters. The van der Waals surface area contributed by atoms with Gasteiger partial charge in [0, 0.05) is 18.8 Å². The van der Waals surface area contributed by atoms with Crippen LogP contribution in [0, 0.1) is 0 Å². The van der Waals surface area contributed by atoms with Crippen molar-refractivity contribution in [3.05, 3.63) is 107 Å². The van der Waals surface area contributed by atoms with Crippen molar-refractivity contribution in [3.63, 3.8) is 0 Å². The fourth-order valence-electron chi connectivity index (χ4n) is 5.53. The van der Waals surface area contributed by atoms with E-state index in [2.05, 4.69) is 6.92 Å². The lowest BCUT2D eigenvalue weighted by molar-refractivity contribution is -0.135. The summed E-state index contributed by atoms with van der Waals surface area (Å²) in [4.78, 5) is 25.3. The average molecular weight is 607 g/mol. The molecule has 0 amide bonds. The second-order valence-electron chi connectivity index (χ2n) is 12.8. The first-order chi connectivity index (χ1) is 21.4. The van der Waals surface area contributed by atoms with Gasteiger partial charge in [-0.3, -0.25) is 9.59 Å². The van der Waals surface area contributed by atoms with Gasteiger partial charge in [-0.05, 0) is 129 Å². The van der Waals surface area contributed by atoms with Crippen LogP contribution < -0.4 is 18.9 Å². The highest BCUT2D eigenvalue weighted by Gasteiger charge is 2.27. The molecule has 0 aromatic heterocycles. The summed E-state index contributed by atoms with van der Waals surface area (Å²) in [5.74, 6) is 2.20. The van der Waals surface area contributed by atoms with E-state index in [1.54, 1.807) is 0 Å². The third kappa shape index (κ3) is 8.53. The Morgan fingerprint density at radius 2 is 1.07 bits per heavy atom. The number of esters is 2. The molecule has 0 aliphatic heterocycles. The minimum Gasteiger partial charge on any atom is -0.491 e. The topological polar surface area (TPSA) is 71.1 Å². The van der Waals surface area contributed by atoms with Gasteiger partial charge in [-0.2, -0.15) is 0 Å². The molecule has 1 aliphatic carbocycles. The Balaban J connectivity index is 1.14. The molecule has 0 heterocycles. The molecule has 1 aliphatic rings. The van der Waals surface area contributed by atoms with Gasteiger partial charge in [-0.15, -0.1) is 0 Å². The summed E-state index contributed by atoms with van der Waals surface area (Å²) in [5.41, 5.74) is 6.20. The molecule has 234 valence electrons. The van der Waals surface area contributed by atoms with E-state index in [0.29, 0.717) is 24.3 Å². The van der Waals surface area contributed by atoms with Crippen LogP contribution in [-0.2, 0) is 22.4 Å². The number of ether oxygens (including phenoxy) is 4. The van der Waals surface area contributed by atoms with E-state index in [0.717, 1.165) is 44.9 Å². The quantitative estimate of drug-likeness (QED) is 0.125. The first-order valence-electron chi connectivity index (χ1n) is 15.7. The molecular formula is C39H42O6. The van der Waals surface area contributed by atoms with Crippen LogP contribution >= 0.6 is 0 Å². The normalized spacial score (nSPS) is 13.6. The summed E-state index contributed by atoms with van der Waals surface area (Å²) < 4.78 is 23.0. The van der Waals surface area contributed by atoms with Crippen LogP contribution in [0.4, 0.5) is 0 Å². The third-order valence-corrected chi connectivity index (χ3v) is 7.61. The lowest BCUT2D eigenvalue weighted by Gasteiger charge is -2.21. The zero-order chi connectivity index (χ0) is 32.1. The van der Waals surface area contributed by atoms with E-state index in [9.17, 15) is 9.59 Å². The molecule has 6 heteroatoms.